The molecule has 0 atom stereocenters. The summed E-state index contributed by atoms with van der Waals surface area (Å²) in [5, 5.41) is 3.03. The highest BCUT2D eigenvalue weighted by atomic mass is 16.6. The molecule has 2 saturated heterocycles. The standard InChI is InChI=1S/C33H44N4O5/c1-21(2)25-10-9-11-26(22(3)4)28(25)34-27(38)20-36-29(39)33(37(30(36)40)24-14-12-23(5)13-15-24)16-18-35(19-17-33)31(41)42-32(6,7)8/h9-15,21-22H,16-20H2,1-8H3,(H,34,38). The molecule has 2 aromatic rings. The molecule has 2 aromatic carbocycles. The lowest BCUT2D eigenvalue weighted by atomic mass is 9.85. The van der Waals surface area contributed by atoms with Gasteiger partial charge in [0, 0.05) is 24.5 Å². The number of benzene rings is 2. The van der Waals surface area contributed by atoms with Gasteiger partial charge in [0.15, 0.2) is 0 Å². The highest BCUT2D eigenvalue weighted by molar-refractivity contribution is 6.18. The maximum absolute atomic E-state index is 14.1. The van der Waals surface area contributed by atoms with Crippen LogP contribution < -0.4 is 10.2 Å². The van der Waals surface area contributed by atoms with Crippen molar-refractivity contribution in [3.8, 4) is 0 Å². The summed E-state index contributed by atoms with van der Waals surface area (Å²) in [7, 11) is 0. The zero-order valence-electron chi connectivity index (χ0n) is 26.1. The van der Waals surface area contributed by atoms with Gasteiger partial charge in [-0.15, -0.1) is 0 Å². The Hall–Kier alpha value is -3.88. The minimum atomic E-state index is -1.20. The van der Waals surface area contributed by atoms with Gasteiger partial charge in [-0.2, -0.15) is 0 Å². The molecule has 0 unspecified atom stereocenters. The van der Waals surface area contributed by atoms with Crippen molar-refractivity contribution in [1.82, 2.24) is 9.80 Å². The van der Waals surface area contributed by atoms with E-state index in [4.69, 9.17) is 4.74 Å². The van der Waals surface area contributed by atoms with Crippen LogP contribution in [0.3, 0.4) is 0 Å². The van der Waals surface area contributed by atoms with Crippen molar-refractivity contribution < 1.29 is 23.9 Å². The highest BCUT2D eigenvalue weighted by Crippen LogP contribution is 2.41. The summed E-state index contributed by atoms with van der Waals surface area (Å²) in [5.74, 6) is -0.513. The highest BCUT2D eigenvalue weighted by Gasteiger charge is 2.59. The van der Waals surface area contributed by atoms with E-state index in [1.807, 2.05) is 49.4 Å². The summed E-state index contributed by atoms with van der Waals surface area (Å²) in [6.45, 7) is 15.7. The molecular weight excluding hydrogens is 532 g/mol. The molecule has 0 aromatic heterocycles. The van der Waals surface area contributed by atoms with Crippen LogP contribution in [0.2, 0.25) is 0 Å². The molecule has 5 amide bonds. The lowest BCUT2D eigenvalue weighted by molar-refractivity contribution is -0.134. The van der Waals surface area contributed by atoms with Crippen molar-refractivity contribution in [3.05, 3.63) is 59.2 Å². The normalized spacial score (nSPS) is 17.0. The number of rotatable bonds is 6. The van der Waals surface area contributed by atoms with E-state index in [-0.39, 0.29) is 37.8 Å². The first kappa shape index (κ1) is 31.1. The molecule has 0 radical (unpaired) electrons. The number of piperidine rings is 1. The maximum Gasteiger partial charge on any atom is 0.410 e. The summed E-state index contributed by atoms with van der Waals surface area (Å²) in [6, 6.07) is 12.9. The third-order valence-corrected chi connectivity index (χ3v) is 7.97. The first-order chi connectivity index (χ1) is 19.6. The number of hydrogen-bond acceptors (Lipinski definition) is 5. The van der Waals surface area contributed by atoms with E-state index in [0.717, 1.165) is 27.3 Å². The van der Waals surface area contributed by atoms with Crippen molar-refractivity contribution >= 4 is 35.3 Å². The Balaban J connectivity index is 1.62. The Morgan fingerprint density at radius 2 is 1.48 bits per heavy atom. The first-order valence-electron chi connectivity index (χ1n) is 14.8. The van der Waals surface area contributed by atoms with Crippen LogP contribution in [0.15, 0.2) is 42.5 Å². The zero-order valence-corrected chi connectivity index (χ0v) is 26.1. The minimum Gasteiger partial charge on any atom is -0.444 e. The Labute approximate surface area is 249 Å². The van der Waals surface area contributed by atoms with E-state index < -0.39 is 41.6 Å². The van der Waals surface area contributed by atoms with Crippen molar-refractivity contribution in [2.75, 3.05) is 29.9 Å². The van der Waals surface area contributed by atoms with Gasteiger partial charge in [0.2, 0.25) is 5.91 Å². The molecule has 0 bridgehead atoms. The predicted molar refractivity (Wildman–Crippen MR) is 164 cm³/mol. The topological polar surface area (TPSA) is 99.3 Å². The quantitative estimate of drug-likeness (QED) is 0.400. The number of anilines is 2. The fourth-order valence-corrected chi connectivity index (χ4v) is 5.77. The molecule has 1 N–H and O–H groups in total. The van der Waals surface area contributed by atoms with Gasteiger partial charge in [0.1, 0.15) is 17.7 Å². The number of aryl methyl sites for hydroxylation is 1. The summed E-state index contributed by atoms with van der Waals surface area (Å²) < 4.78 is 5.54. The number of hydrogen-bond donors (Lipinski definition) is 1. The van der Waals surface area contributed by atoms with E-state index in [1.165, 1.54) is 4.90 Å². The van der Waals surface area contributed by atoms with Crippen molar-refractivity contribution in [1.29, 1.82) is 0 Å². The van der Waals surface area contributed by atoms with Gasteiger partial charge in [-0.05, 0) is 75.6 Å². The summed E-state index contributed by atoms with van der Waals surface area (Å²) >= 11 is 0. The predicted octanol–water partition coefficient (Wildman–Crippen LogP) is 6.42. The average molecular weight is 577 g/mol. The van der Waals surface area contributed by atoms with Gasteiger partial charge in [-0.1, -0.05) is 63.6 Å². The molecule has 9 nitrogen and oxygen atoms in total. The van der Waals surface area contributed by atoms with Gasteiger partial charge in [-0.3, -0.25) is 19.4 Å². The number of urea groups is 1. The number of amides is 5. The smallest absolute Gasteiger partial charge is 0.410 e. The molecule has 2 heterocycles. The monoisotopic (exact) mass is 576 g/mol. The number of ether oxygens (including phenoxy) is 1. The van der Waals surface area contributed by atoms with Gasteiger partial charge < -0.3 is 15.0 Å². The third kappa shape index (κ3) is 6.15. The van der Waals surface area contributed by atoms with Crippen molar-refractivity contribution in [2.24, 2.45) is 0 Å². The molecule has 1 spiro atoms. The van der Waals surface area contributed by atoms with Crippen LogP contribution in [0, 0.1) is 6.92 Å². The van der Waals surface area contributed by atoms with E-state index >= 15 is 0 Å². The van der Waals surface area contributed by atoms with Crippen molar-refractivity contribution in [3.63, 3.8) is 0 Å². The number of likely N-dealkylation sites (tertiary alicyclic amines) is 1. The fourth-order valence-electron chi connectivity index (χ4n) is 5.77. The molecule has 2 aliphatic heterocycles. The van der Waals surface area contributed by atoms with Crippen LogP contribution in [-0.2, 0) is 14.3 Å². The van der Waals surface area contributed by atoms with Gasteiger partial charge in [0.05, 0.1) is 0 Å². The molecule has 2 aliphatic rings. The number of imide groups is 1. The number of nitrogens with one attached hydrogen (secondary N) is 1. The summed E-state index contributed by atoms with van der Waals surface area (Å²) in [4.78, 5) is 58.5. The second-order valence-electron chi connectivity index (χ2n) is 13.0. The Morgan fingerprint density at radius 1 is 0.929 bits per heavy atom. The molecule has 2 fully saturated rings. The van der Waals surface area contributed by atoms with Crippen LogP contribution in [0.1, 0.15) is 89.8 Å². The van der Waals surface area contributed by atoms with Gasteiger partial charge in [0.25, 0.3) is 5.91 Å². The molecule has 226 valence electrons. The Bertz CT molecular complexity index is 1330. The fraction of sp³-hybridized carbons (Fsp3) is 0.515. The summed E-state index contributed by atoms with van der Waals surface area (Å²) in [6.07, 6.45) is 0.0181. The van der Waals surface area contributed by atoms with Gasteiger partial charge in [-0.25, -0.2) is 9.59 Å². The Kier molecular flexibility index (Phi) is 8.71. The van der Waals surface area contributed by atoms with Gasteiger partial charge >= 0.3 is 12.1 Å². The van der Waals surface area contributed by atoms with Crippen LogP contribution >= 0.6 is 0 Å². The molecule has 0 saturated carbocycles. The first-order valence-corrected chi connectivity index (χ1v) is 14.8. The van der Waals surface area contributed by atoms with E-state index in [0.29, 0.717) is 5.69 Å². The molecule has 42 heavy (non-hydrogen) atoms. The Morgan fingerprint density at radius 3 is 1.98 bits per heavy atom. The largest absolute Gasteiger partial charge is 0.444 e. The number of para-hydroxylation sites is 1. The average Bonchev–Trinajstić information content (AvgIpc) is 3.09. The van der Waals surface area contributed by atoms with E-state index in [1.54, 1.807) is 25.7 Å². The molecule has 9 heteroatoms. The number of carbonyl (C=O) groups is 4. The minimum absolute atomic E-state index is 0.171. The molecular formula is C33H44N4O5. The lowest BCUT2D eigenvalue weighted by Gasteiger charge is -2.42. The third-order valence-electron chi connectivity index (χ3n) is 7.97. The maximum atomic E-state index is 14.1. The van der Waals surface area contributed by atoms with Crippen LogP contribution in [-0.4, -0.2) is 64.5 Å². The van der Waals surface area contributed by atoms with E-state index in [2.05, 4.69) is 33.0 Å². The lowest BCUT2D eigenvalue weighted by Crippen LogP contribution is -2.58. The van der Waals surface area contributed by atoms with Crippen LogP contribution in [0.25, 0.3) is 0 Å². The molecule has 0 aliphatic carbocycles. The van der Waals surface area contributed by atoms with E-state index in [9.17, 15) is 19.2 Å². The molecule has 4 rings (SSSR count). The zero-order chi connectivity index (χ0) is 31.0. The second kappa shape index (κ2) is 11.8. The van der Waals surface area contributed by atoms with Crippen molar-refractivity contribution in [2.45, 2.75) is 91.2 Å². The summed E-state index contributed by atoms with van der Waals surface area (Å²) in [5.41, 5.74) is 2.49. The second-order valence-corrected chi connectivity index (χ2v) is 13.0. The van der Waals surface area contributed by atoms with Crippen LogP contribution in [0.4, 0.5) is 21.0 Å². The SMILES string of the molecule is Cc1ccc(N2C(=O)N(CC(=O)Nc3c(C(C)C)cccc3C(C)C)C(=O)C23CCN(C(=O)OC(C)(C)C)CC3)cc1. The number of nitrogens with zero attached hydrogens (tertiary/aromatic N) is 3. The van der Waals surface area contributed by atoms with Crippen LogP contribution in [0.5, 0.6) is 0 Å². The number of carbonyl (C=O) groups excluding carboxylic acids is 4.